The lowest BCUT2D eigenvalue weighted by molar-refractivity contribution is 0.187. The van der Waals surface area contributed by atoms with Gasteiger partial charge in [0.1, 0.15) is 28.7 Å². The third kappa shape index (κ3) is 7.32. The maximum Gasteiger partial charge on any atom is 0.188 e. The first kappa shape index (κ1) is 44.7. The Labute approximate surface area is 409 Å². The number of ether oxygens (including phenoxy) is 1. The van der Waals surface area contributed by atoms with E-state index in [2.05, 4.69) is 257 Å². The predicted octanol–water partition coefficient (Wildman–Crippen LogP) is 17.2. The van der Waals surface area contributed by atoms with Crippen LogP contribution < -0.4 is 13.7 Å². The third-order valence-corrected chi connectivity index (χ3v) is 15.2. The van der Waals surface area contributed by atoms with Gasteiger partial charge in [0.25, 0.3) is 0 Å². The minimum Gasteiger partial charge on any atom is -0.457 e. The van der Waals surface area contributed by atoms with Crippen molar-refractivity contribution < 1.29 is 4.74 Å². The van der Waals surface area contributed by atoms with Crippen molar-refractivity contribution in [1.82, 2.24) is 18.5 Å². The summed E-state index contributed by atoms with van der Waals surface area (Å²) in [5.41, 5.74) is 16.2. The zero-order valence-corrected chi connectivity index (χ0v) is 42.2. The van der Waals surface area contributed by atoms with Crippen molar-refractivity contribution in [2.45, 2.75) is 97.8 Å². The van der Waals surface area contributed by atoms with E-state index in [1.54, 1.807) is 0 Å². The maximum absolute atomic E-state index is 6.95. The number of quaternary nitrogens is 2. The average Bonchev–Trinajstić information content (AvgIpc) is 3.92. The van der Waals surface area contributed by atoms with Gasteiger partial charge >= 0.3 is 0 Å². The number of hydrogen-bond donors (Lipinski definition) is 0. The van der Waals surface area contributed by atoms with Gasteiger partial charge in [0.2, 0.25) is 0 Å². The Balaban J connectivity index is 1.02. The first-order chi connectivity index (χ1) is 32.8. The molecule has 7 aromatic carbocycles. The Bertz CT molecular complexity index is 3430. The van der Waals surface area contributed by atoms with Gasteiger partial charge in [-0.2, -0.15) is 0 Å². The number of aromatic nitrogens is 2. The normalized spacial score (nSPS) is 18.1. The van der Waals surface area contributed by atoms with Gasteiger partial charge in [-0.25, -0.2) is 4.98 Å². The van der Waals surface area contributed by atoms with Crippen LogP contribution >= 0.6 is 0 Å². The van der Waals surface area contributed by atoms with Gasteiger partial charge in [-0.1, -0.05) is 167 Å². The average molecular weight is 906 g/mol. The number of hydrogen-bond acceptors (Lipinski definition) is 2. The van der Waals surface area contributed by atoms with Crippen LogP contribution in [0.15, 0.2) is 176 Å². The second kappa shape index (κ2) is 15.6. The summed E-state index contributed by atoms with van der Waals surface area (Å²) in [5, 5.41) is 2.34. The SMILES string of the molecule is CC(C)(C)c1cccc(-c2cccc3c2[N@@+]2(c4cc(C(C)(C)C)cc(C(C)(C)C)c4)[CH-][N@+]3(c3cccc(Oc4ccc5c6ccccc6n(-c6cc(C(C)(C)c7ccccc7)ccn6)c5c4)c3)C2)c1. The van der Waals surface area contributed by atoms with E-state index in [1.165, 1.54) is 67.1 Å². The molecule has 0 amide bonds. The smallest absolute Gasteiger partial charge is 0.188 e. The van der Waals surface area contributed by atoms with Gasteiger partial charge in [-0.3, -0.25) is 13.5 Å². The van der Waals surface area contributed by atoms with E-state index < -0.39 is 0 Å². The largest absolute Gasteiger partial charge is 0.457 e. The number of rotatable bonds is 8. The van der Waals surface area contributed by atoms with E-state index in [4.69, 9.17) is 9.72 Å². The van der Waals surface area contributed by atoms with Crippen LogP contribution in [0.25, 0.3) is 38.8 Å². The van der Waals surface area contributed by atoms with E-state index in [-0.39, 0.29) is 21.7 Å². The van der Waals surface area contributed by atoms with E-state index in [0.717, 1.165) is 40.4 Å². The molecular weight excluding hydrogens is 841 g/mol. The molecule has 0 aliphatic carbocycles. The van der Waals surface area contributed by atoms with Crippen LogP contribution in [0.5, 0.6) is 11.5 Å². The molecule has 5 heteroatoms. The molecule has 0 spiro atoms. The number of nitrogens with zero attached hydrogens (tertiary/aromatic N) is 4. The minimum absolute atomic E-state index is 0.0167. The molecule has 9 aromatic rings. The lowest BCUT2D eigenvalue weighted by Crippen LogP contribution is -2.67. The summed E-state index contributed by atoms with van der Waals surface area (Å²) in [7, 11) is 0. The molecule has 3 aliphatic rings. The second-order valence-corrected chi connectivity index (χ2v) is 23.3. The van der Waals surface area contributed by atoms with Gasteiger partial charge in [-0.05, 0) is 98.2 Å². The Kier molecular flexibility index (Phi) is 10.1. The molecular formula is C64H65N4O+. The Hall–Kier alpha value is -6.79. The van der Waals surface area contributed by atoms with Gasteiger partial charge in [-0.15, -0.1) is 0 Å². The summed E-state index contributed by atoms with van der Waals surface area (Å²) in [6, 6.07) is 62.6. The van der Waals surface area contributed by atoms with Crippen molar-refractivity contribution in [2.24, 2.45) is 0 Å². The van der Waals surface area contributed by atoms with Crippen molar-refractivity contribution in [3.63, 3.8) is 0 Å². The number of benzene rings is 7. The molecule has 0 saturated carbocycles. The van der Waals surface area contributed by atoms with Crippen molar-refractivity contribution in [3.05, 3.63) is 211 Å². The first-order valence-electron chi connectivity index (χ1n) is 24.6. The fraction of sp³-hybridized carbons (Fsp3) is 0.250. The number of para-hydroxylation sites is 2. The highest BCUT2D eigenvalue weighted by Gasteiger charge is 2.64. The summed E-state index contributed by atoms with van der Waals surface area (Å²) in [6.45, 7) is 28.9. The van der Waals surface area contributed by atoms with Gasteiger partial charge in [0.05, 0.1) is 17.7 Å². The van der Waals surface area contributed by atoms with E-state index in [9.17, 15) is 0 Å². The Morgan fingerprint density at radius 2 is 1.12 bits per heavy atom. The van der Waals surface area contributed by atoms with Gasteiger partial charge < -0.3 is 4.74 Å². The molecule has 5 nitrogen and oxygen atoms in total. The lowest BCUT2D eigenvalue weighted by atomic mass is 9.78. The molecule has 2 aromatic heterocycles. The highest BCUT2D eigenvalue weighted by atomic mass is 16.5. The molecule has 0 unspecified atom stereocenters. The van der Waals surface area contributed by atoms with E-state index in [0.29, 0.717) is 8.97 Å². The topological polar surface area (TPSA) is 27.1 Å². The van der Waals surface area contributed by atoms with Crippen LogP contribution in [-0.4, -0.2) is 16.2 Å². The van der Waals surface area contributed by atoms with Crippen LogP contribution in [0.4, 0.5) is 22.7 Å². The molecule has 3 aliphatic heterocycles. The Morgan fingerprint density at radius 1 is 0.478 bits per heavy atom. The summed E-state index contributed by atoms with van der Waals surface area (Å²) in [6.07, 6.45) is 1.95. The minimum atomic E-state index is -0.212. The fourth-order valence-corrected chi connectivity index (χ4v) is 11.0. The third-order valence-electron chi connectivity index (χ3n) is 15.2. The first-order valence-corrected chi connectivity index (χ1v) is 24.6. The van der Waals surface area contributed by atoms with Crippen LogP contribution in [0, 0.1) is 6.67 Å². The van der Waals surface area contributed by atoms with Crippen LogP contribution in [0.2, 0.25) is 0 Å². The molecule has 69 heavy (non-hydrogen) atoms. The van der Waals surface area contributed by atoms with Crippen molar-refractivity contribution in [3.8, 4) is 28.4 Å². The number of pyridine rings is 1. The highest BCUT2D eigenvalue weighted by Crippen LogP contribution is 2.68. The molecule has 12 rings (SSSR count). The van der Waals surface area contributed by atoms with Gasteiger partial charge in [0.15, 0.2) is 18.0 Å². The Morgan fingerprint density at radius 3 is 1.84 bits per heavy atom. The van der Waals surface area contributed by atoms with E-state index in [1.807, 2.05) is 6.20 Å². The monoisotopic (exact) mass is 906 g/mol. The van der Waals surface area contributed by atoms with Crippen molar-refractivity contribution in [2.75, 3.05) is 6.67 Å². The quantitative estimate of drug-likeness (QED) is 0.112. The molecule has 0 N–H and O–H groups in total. The molecule has 2 bridgehead atoms. The van der Waals surface area contributed by atoms with Crippen LogP contribution in [0.1, 0.15) is 104 Å². The predicted molar refractivity (Wildman–Crippen MR) is 290 cm³/mol. The van der Waals surface area contributed by atoms with E-state index >= 15 is 0 Å². The highest BCUT2D eigenvalue weighted by molar-refractivity contribution is 6.09. The molecule has 0 radical (unpaired) electrons. The van der Waals surface area contributed by atoms with Crippen molar-refractivity contribution in [1.29, 1.82) is 0 Å². The standard InChI is InChI=1S/C64H65N4O/c1-61(2,3)45-23-17-20-43(34-45)53-27-19-29-58-60(53)68(50-36-47(62(4,5)6)35-48(37-50)63(7,8)9)41-67(58,42-68)49-24-18-25-51(39-49)69-52-30-31-55-54-26-15-16-28-56(54)66(57(55)40-52)59-38-46(32-33-65-59)64(10,11)44-21-13-12-14-22-44/h12-41H,42H2,1-11H3/q+1/t67-,68+/m1/s1. The molecule has 5 heterocycles. The zero-order chi connectivity index (χ0) is 48.3. The summed E-state index contributed by atoms with van der Waals surface area (Å²) in [4.78, 5) is 5.01. The summed E-state index contributed by atoms with van der Waals surface area (Å²) in [5.74, 6) is 2.46. The number of fused-ring (bicyclic) bond motifs is 3. The lowest BCUT2D eigenvalue weighted by Gasteiger charge is -2.56. The van der Waals surface area contributed by atoms with Crippen LogP contribution in [-0.2, 0) is 21.7 Å². The fourth-order valence-electron chi connectivity index (χ4n) is 11.0. The maximum atomic E-state index is 6.95. The second-order valence-electron chi connectivity index (χ2n) is 23.3. The summed E-state index contributed by atoms with van der Waals surface area (Å²) < 4.78 is 10.5. The van der Waals surface area contributed by atoms with Crippen molar-refractivity contribution >= 4 is 44.6 Å². The molecule has 2 atom stereocenters. The zero-order valence-electron chi connectivity index (χ0n) is 42.2. The summed E-state index contributed by atoms with van der Waals surface area (Å²) >= 11 is 0. The molecule has 1 saturated heterocycles. The van der Waals surface area contributed by atoms with Gasteiger partial charge in [0, 0.05) is 58.3 Å². The van der Waals surface area contributed by atoms with Crippen LogP contribution in [0.3, 0.4) is 0 Å². The molecule has 1 fully saturated rings. The molecule has 346 valence electrons.